The van der Waals surface area contributed by atoms with Crippen LogP contribution >= 0.6 is 0 Å². The van der Waals surface area contributed by atoms with E-state index >= 15 is 0 Å². The predicted octanol–water partition coefficient (Wildman–Crippen LogP) is 1.94. The molecule has 1 amide bonds. The van der Waals surface area contributed by atoms with Crippen LogP contribution in [0.25, 0.3) is 5.69 Å². The highest BCUT2D eigenvalue weighted by Gasteiger charge is 2.26. The van der Waals surface area contributed by atoms with E-state index in [2.05, 4.69) is 21.7 Å². The van der Waals surface area contributed by atoms with Crippen LogP contribution in [0.15, 0.2) is 36.7 Å². The first-order valence-electron chi connectivity index (χ1n) is 6.59. The van der Waals surface area contributed by atoms with Gasteiger partial charge in [0.15, 0.2) is 0 Å². The highest BCUT2D eigenvalue weighted by Crippen LogP contribution is 2.19. The minimum atomic E-state index is -0.542. The van der Waals surface area contributed by atoms with Gasteiger partial charge in [0, 0.05) is 5.56 Å². The van der Waals surface area contributed by atoms with Gasteiger partial charge in [0.2, 0.25) is 0 Å². The van der Waals surface area contributed by atoms with Crippen molar-refractivity contribution in [3.63, 3.8) is 0 Å². The molecule has 0 saturated heterocycles. The summed E-state index contributed by atoms with van der Waals surface area (Å²) in [5.41, 5.74) is 1.01. The molecule has 1 aromatic carbocycles. The normalized spacial score (nSPS) is 12.5. The molecule has 2 aromatic rings. The number of nitrogens with one attached hydrogen (secondary N) is 1. The Morgan fingerprint density at radius 1 is 1.33 bits per heavy atom. The fraction of sp³-hybridized carbons (Fsp3) is 0.333. The number of nitrogens with zero attached hydrogens (tertiary/aromatic N) is 4. The average molecular weight is 283 g/mol. The van der Waals surface area contributed by atoms with Crippen LogP contribution in [0.1, 0.15) is 31.1 Å². The van der Waals surface area contributed by atoms with E-state index in [-0.39, 0.29) is 11.3 Å². The van der Waals surface area contributed by atoms with Gasteiger partial charge in [-0.2, -0.15) is 5.26 Å². The minimum absolute atomic E-state index is 0.262. The lowest BCUT2D eigenvalue weighted by Gasteiger charge is -2.25. The van der Waals surface area contributed by atoms with E-state index in [1.165, 1.54) is 0 Å². The second kappa shape index (κ2) is 5.75. The first-order chi connectivity index (χ1) is 9.91. The molecular weight excluding hydrogens is 266 g/mol. The van der Waals surface area contributed by atoms with Crippen LogP contribution in [0.4, 0.5) is 0 Å². The predicted molar refractivity (Wildman–Crippen MR) is 77.7 cm³/mol. The Bertz CT molecular complexity index is 647. The molecule has 1 atom stereocenters. The number of rotatable bonds is 3. The van der Waals surface area contributed by atoms with Crippen molar-refractivity contribution in [2.45, 2.75) is 26.8 Å². The van der Waals surface area contributed by atoms with E-state index in [0.717, 1.165) is 5.69 Å². The van der Waals surface area contributed by atoms with Crippen LogP contribution < -0.4 is 5.32 Å². The molecule has 2 rings (SSSR count). The number of amides is 1. The molecule has 0 bridgehead atoms. The van der Waals surface area contributed by atoms with Crippen LogP contribution in [-0.4, -0.2) is 26.9 Å². The number of hydrogen-bond acceptors (Lipinski definition) is 4. The number of benzene rings is 1. The molecule has 0 radical (unpaired) electrons. The van der Waals surface area contributed by atoms with Gasteiger partial charge >= 0.3 is 0 Å². The zero-order chi connectivity index (χ0) is 15.5. The smallest absolute Gasteiger partial charge is 0.252 e. The van der Waals surface area contributed by atoms with Gasteiger partial charge in [-0.25, -0.2) is 4.68 Å². The Kier molecular flexibility index (Phi) is 4.03. The second-order valence-electron chi connectivity index (χ2n) is 5.80. The van der Waals surface area contributed by atoms with Crippen molar-refractivity contribution in [2.75, 3.05) is 0 Å². The highest BCUT2D eigenvalue weighted by atomic mass is 16.1. The fourth-order valence-corrected chi connectivity index (χ4v) is 1.77. The van der Waals surface area contributed by atoms with Crippen molar-refractivity contribution < 1.29 is 4.79 Å². The summed E-state index contributed by atoms with van der Waals surface area (Å²) in [5, 5.41) is 19.5. The Balaban J connectivity index is 2.12. The van der Waals surface area contributed by atoms with Crippen LogP contribution in [0.2, 0.25) is 0 Å². The number of carbonyl (C=O) groups excluding carboxylic acids is 1. The summed E-state index contributed by atoms with van der Waals surface area (Å²) >= 11 is 0. The summed E-state index contributed by atoms with van der Waals surface area (Å²) in [4.78, 5) is 12.2. The zero-order valence-corrected chi connectivity index (χ0v) is 12.2. The molecule has 1 aromatic heterocycles. The van der Waals surface area contributed by atoms with Crippen LogP contribution in [0.3, 0.4) is 0 Å². The van der Waals surface area contributed by atoms with Gasteiger partial charge in [-0.3, -0.25) is 4.79 Å². The molecule has 21 heavy (non-hydrogen) atoms. The maximum atomic E-state index is 12.2. The van der Waals surface area contributed by atoms with Crippen LogP contribution in [0, 0.1) is 16.7 Å². The van der Waals surface area contributed by atoms with Gasteiger partial charge in [-0.1, -0.05) is 26.0 Å². The maximum absolute atomic E-state index is 12.2. The van der Waals surface area contributed by atoms with Gasteiger partial charge in [-0.05, 0) is 29.7 Å². The van der Waals surface area contributed by atoms with Crippen LogP contribution in [-0.2, 0) is 0 Å². The molecule has 6 nitrogen and oxygen atoms in total. The topological polar surface area (TPSA) is 83.6 Å². The molecule has 0 unspecified atom stereocenters. The lowest BCUT2D eigenvalue weighted by Crippen LogP contribution is -2.42. The van der Waals surface area contributed by atoms with Crippen molar-refractivity contribution in [3.8, 4) is 11.8 Å². The van der Waals surface area contributed by atoms with Crippen molar-refractivity contribution >= 4 is 5.91 Å². The Morgan fingerprint density at radius 3 is 2.48 bits per heavy atom. The zero-order valence-electron chi connectivity index (χ0n) is 12.2. The van der Waals surface area contributed by atoms with E-state index in [9.17, 15) is 4.79 Å². The summed E-state index contributed by atoms with van der Waals surface area (Å²) in [7, 11) is 0. The lowest BCUT2D eigenvalue weighted by atomic mass is 9.87. The Labute approximate surface area is 123 Å². The first-order valence-corrected chi connectivity index (χ1v) is 6.59. The van der Waals surface area contributed by atoms with Gasteiger partial charge < -0.3 is 5.32 Å². The summed E-state index contributed by atoms with van der Waals surface area (Å²) in [6.45, 7) is 5.74. The third-order valence-corrected chi connectivity index (χ3v) is 3.09. The van der Waals surface area contributed by atoms with Gasteiger partial charge in [-0.15, -0.1) is 5.10 Å². The molecule has 1 N–H and O–H groups in total. The quantitative estimate of drug-likeness (QED) is 0.933. The second-order valence-corrected chi connectivity index (χ2v) is 5.80. The molecule has 0 fully saturated rings. The molecule has 1 heterocycles. The number of hydrogen-bond donors (Lipinski definition) is 1. The Morgan fingerprint density at radius 2 is 2.00 bits per heavy atom. The van der Waals surface area contributed by atoms with Gasteiger partial charge in [0.05, 0.1) is 24.2 Å². The Hall–Kier alpha value is -2.68. The van der Waals surface area contributed by atoms with E-state index in [1.54, 1.807) is 41.3 Å². The first kappa shape index (κ1) is 14.7. The largest absolute Gasteiger partial charge is 0.336 e. The summed E-state index contributed by atoms with van der Waals surface area (Å²) in [6, 6.07) is 8.54. The van der Waals surface area contributed by atoms with E-state index in [1.807, 2.05) is 20.8 Å². The molecular formula is C15H17N5O. The van der Waals surface area contributed by atoms with Gasteiger partial charge in [0.25, 0.3) is 5.91 Å². The molecule has 0 aliphatic heterocycles. The minimum Gasteiger partial charge on any atom is -0.336 e. The number of carbonyl (C=O) groups is 1. The summed E-state index contributed by atoms with van der Waals surface area (Å²) in [6.07, 6.45) is 3.31. The van der Waals surface area contributed by atoms with Crippen molar-refractivity contribution in [3.05, 3.63) is 42.2 Å². The molecule has 0 aliphatic carbocycles. The number of nitriles is 1. The molecule has 6 heteroatoms. The monoisotopic (exact) mass is 283 g/mol. The average Bonchev–Trinajstić information content (AvgIpc) is 2.97. The number of aromatic nitrogens is 3. The van der Waals surface area contributed by atoms with Crippen molar-refractivity contribution in [1.82, 2.24) is 20.3 Å². The fourth-order valence-electron chi connectivity index (χ4n) is 1.77. The van der Waals surface area contributed by atoms with Crippen LogP contribution in [0.5, 0.6) is 0 Å². The molecule has 0 saturated carbocycles. The standard InChI is InChI=1S/C15H17N5O/c1-15(2,3)13(10-16)18-14(21)11-4-6-12(7-5-11)20-9-8-17-19-20/h4-9,13H,1-3H3,(H,18,21)/t13-/m1/s1. The summed E-state index contributed by atoms with van der Waals surface area (Å²) in [5.74, 6) is -0.262. The third kappa shape index (κ3) is 3.45. The lowest BCUT2D eigenvalue weighted by molar-refractivity contribution is 0.0922. The maximum Gasteiger partial charge on any atom is 0.252 e. The van der Waals surface area contributed by atoms with E-state index in [4.69, 9.17) is 5.26 Å². The molecule has 0 aliphatic rings. The highest BCUT2D eigenvalue weighted by molar-refractivity contribution is 5.94. The van der Waals surface area contributed by atoms with Crippen molar-refractivity contribution in [1.29, 1.82) is 5.26 Å². The van der Waals surface area contributed by atoms with E-state index < -0.39 is 6.04 Å². The van der Waals surface area contributed by atoms with Crippen molar-refractivity contribution in [2.24, 2.45) is 5.41 Å². The SMILES string of the molecule is CC(C)(C)[C@@H](C#N)NC(=O)c1ccc(-n2ccnn2)cc1. The molecule has 0 spiro atoms. The summed E-state index contributed by atoms with van der Waals surface area (Å²) < 4.78 is 1.61. The molecule has 108 valence electrons. The van der Waals surface area contributed by atoms with Gasteiger partial charge in [0.1, 0.15) is 6.04 Å². The van der Waals surface area contributed by atoms with E-state index in [0.29, 0.717) is 5.56 Å². The third-order valence-electron chi connectivity index (χ3n) is 3.09.